The average Bonchev–Trinajstić information content (AvgIpc) is 3.35. The van der Waals surface area contributed by atoms with Gasteiger partial charge in [-0.1, -0.05) is 30.3 Å². The van der Waals surface area contributed by atoms with Gasteiger partial charge in [0.1, 0.15) is 0 Å². The monoisotopic (exact) mass is 504 g/mol. The van der Waals surface area contributed by atoms with Gasteiger partial charge in [-0.05, 0) is 54.7 Å². The number of sulfone groups is 1. The van der Waals surface area contributed by atoms with E-state index in [9.17, 15) is 27.9 Å². The number of amides is 1. The number of aliphatic carboxylic acids is 1. The van der Waals surface area contributed by atoms with Gasteiger partial charge in [0.05, 0.1) is 16.2 Å². The highest BCUT2D eigenvalue weighted by atomic mass is 32.2. The maximum absolute atomic E-state index is 13.1. The topological polar surface area (TPSA) is 133 Å². The van der Waals surface area contributed by atoms with Crippen LogP contribution in [0.5, 0.6) is 0 Å². The molecule has 0 bridgehead atoms. The number of nitrogens with one attached hydrogen (secondary N) is 2. The molecule has 2 aliphatic rings. The molecule has 0 spiro atoms. The van der Waals surface area contributed by atoms with Gasteiger partial charge in [0, 0.05) is 41.0 Å². The average molecular weight is 505 g/mol. The fraction of sp³-hybridized carbons (Fsp3) is 0.222. The van der Waals surface area contributed by atoms with E-state index in [-0.39, 0.29) is 34.8 Å². The molecule has 184 valence electrons. The molecule has 5 rings (SSSR count). The summed E-state index contributed by atoms with van der Waals surface area (Å²) in [7, 11) is -3.67. The van der Waals surface area contributed by atoms with E-state index in [4.69, 9.17) is 0 Å². The molecule has 8 nitrogen and oxygen atoms in total. The van der Waals surface area contributed by atoms with Gasteiger partial charge in [0.15, 0.2) is 15.6 Å². The quantitative estimate of drug-likeness (QED) is 0.416. The number of carbonyl (C=O) groups is 3. The van der Waals surface area contributed by atoms with E-state index in [0.29, 0.717) is 52.9 Å². The van der Waals surface area contributed by atoms with Crippen LogP contribution in [-0.4, -0.2) is 36.2 Å². The molecule has 36 heavy (non-hydrogen) atoms. The molecule has 1 aliphatic carbocycles. The van der Waals surface area contributed by atoms with Gasteiger partial charge < -0.3 is 15.4 Å². The van der Waals surface area contributed by atoms with Crippen LogP contribution in [0.3, 0.4) is 0 Å². The number of benzene rings is 2. The lowest BCUT2D eigenvalue weighted by Gasteiger charge is -2.11. The van der Waals surface area contributed by atoms with Crippen molar-refractivity contribution in [3.05, 3.63) is 82.2 Å². The number of hydrogen-bond donors (Lipinski definition) is 3. The van der Waals surface area contributed by atoms with Crippen molar-refractivity contribution >= 4 is 44.8 Å². The lowest BCUT2D eigenvalue weighted by atomic mass is 9.91. The van der Waals surface area contributed by atoms with Crippen molar-refractivity contribution in [3.8, 4) is 0 Å². The third kappa shape index (κ3) is 4.49. The number of H-pyrrole nitrogens is 1. The molecule has 0 unspecified atom stereocenters. The first kappa shape index (κ1) is 23.7. The van der Waals surface area contributed by atoms with E-state index in [2.05, 4.69) is 10.3 Å². The molecule has 9 heteroatoms. The van der Waals surface area contributed by atoms with E-state index in [1.807, 2.05) is 6.07 Å². The Balaban J connectivity index is 1.56. The second-order valence-corrected chi connectivity index (χ2v) is 11.0. The standard InChI is InChI=1S/C27H24N2O6S/c30-24-8-4-7-22-26(24)18(10-12-25(31)32)23(28-22)14-20-19-13-17(9-11-21(19)29-27(20)33)36(34,35)15-16-5-2-1-3-6-16/h1-3,5-6,9,11,13-14,28H,4,7-8,10,12,15H2,(H,29,33)(H,31,32)/b20-14-. The number of aryl methyl sites for hydroxylation is 1. The molecule has 1 aromatic heterocycles. The number of carboxylic acid groups (broad SMARTS) is 1. The summed E-state index contributed by atoms with van der Waals surface area (Å²) in [4.78, 5) is 40.1. The van der Waals surface area contributed by atoms with Gasteiger partial charge in [-0.2, -0.15) is 0 Å². The van der Waals surface area contributed by atoms with E-state index < -0.39 is 21.7 Å². The van der Waals surface area contributed by atoms with Crippen LogP contribution < -0.4 is 5.32 Å². The van der Waals surface area contributed by atoms with Crippen molar-refractivity contribution in [3.63, 3.8) is 0 Å². The first-order chi connectivity index (χ1) is 17.2. The van der Waals surface area contributed by atoms with Crippen LogP contribution in [0.2, 0.25) is 0 Å². The Morgan fingerprint density at radius 2 is 1.83 bits per heavy atom. The summed E-state index contributed by atoms with van der Waals surface area (Å²) in [5, 5.41) is 12.0. The highest BCUT2D eigenvalue weighted by Crippen LogP contribution is 2.37. The molecular formula is C27H24N2O6S. The maximum atomic E-state index is 13.1. The Morgan fingerprint density at radius 1 is 1.06 bits per heavy atom. The van der Waals surface area contributed by atoms with Gasteiger partial charge in [0.25, 0.3) is 5.91 Å². The molecule has 2 aromatic carbocycles. The number of carboxylic acids is 1. The lowest BCUT2D eigenvalue weighted by Crippen LogP contribution is -2.11. The zero-order valence-corrected chi connectivity index (χ0v) is 20.2. The van der Waals surface area contributed by atoms with Gasteiger partial charge in [-0.15, -0.1) is 0 Å². The Hall–Kier alpha value is -3.98. The van der Waals surface area contributed by atoms with Crippen LogP contribution in [0, 0.1) is 0 Å². The molecule has 2 heterocycles. The molecular weight excluding hydrogens is 480 g/mol. The number of Topliss-reactive ketones (excluding diaryl/α,β-unsaturated/α-hetero) is 1. The number of aromatic amines is 1. The van der Waals surface area contributed by atoms with Crippen molar-refractivity contribution < 1.29 is 27.9 Å². The minimum absolute atomic E-state index is 0.0388. The van der Waals surface area contributed by atoms with Crippen molar-refractivity contribution in [1.29, 1.82) is 0 Å². The van der Waals surface area contributed by atoms with Crippen LogP contribution in [0.4, 0.5) is 5.69 Å². The number of rotatable bonds is 7. The van der Waals surface area contributed by atoms with Gasteiger partial charge in [-0.25, -0.2) is 8.42 Å². The number of fused-ring (bicyclic) bond motifs is 2. The molecule has 0 saturated carbocycles. The zero-order valence-electron chi connectivity index (χ0n) is 19.3. The minimum Gasteiger partial charge on any atom is -0.481 e. The molecule has 1 aliphatic heterocycles. The van der Waals surface area contributed by atoms with Gasteiger partial charge in [0.2, 0.25) is 0 Å². The molecule has 3 N–H and O–H groups in total. The van der Waals surface area contributed by atoms with Crippen molar-refractivity contribution in [2.75, 3.05) is 5.32 Å². The Kier molecular flexibility index (Phi) is 6.09. The SMILES string of the molecule is O=C(O)CCc1c(/C=C2\C(=O)Nc3ccc(S(=O)(=O)Cc4ccccc4)cc32)[nH]c2c1C(=O)CCC2. The summed E-state index contributed by atoms with van der Waals surface area (Å²) in [6.07, 6.45) is 3.34. The predicted molar refractivity (Wildman–Crippen MR) is 134 cm³/mol. The molecule has 1 amide bonds. The van der Waals surface area contributed by atoms with Gasteiger partial charge >= 0.3 is 5.97 Å². The summed E-state index contributed by atoms with van der Waals surface area (Å²) in [5.74, 6) is -1.59. The minimum atomic E-state index is -3.67. The van der Waals surface area contributed by atoms with E-state index >= 15 is 0 Å². The molecule has 0 radical (unpaired) electrons. The maximum Gasteiger partial charge on any atom is 0.303 e. The van der Waals surface area contributed by atoms with E-state index in [1.54, 1.807) is 36.4 Å². The molecule has 0 saturated heterocycles. The molecule has 0 atom stereocenters. The molecule has 0 fully saturated rings. The third-order valence-electron chi connectivity index (χ3n) is 6.53. The Morgan fingerprint density at radius 3 is 2.58 bits per heavy atom. The highest BCUT2D eigenvalue weighted by molar-refractivity contribution is 7.90. The van der Waals surface area contributed by atoms with Crippen LogP contribution >= 0.6 is 0 Å². The van der Waals surface area contributed by atoms with Crippen molar-refractivity contribution in [2.45, 2.75) is 42.8 Å². The largest absolute Gasteiger partial charge is 0.481 e. The Bertz CT molecular complexity index is 1530. The second-order valence-electron chi connectivity index (χ2n) is 9.01. The number of ketones is 1. The summed E-state index contributed by atoms with van der Waals surface area (Å²) in [6, 6.07) is 13.4. The fourth-order valence-corrected chi connectivity index (χ4v) is 6.20. The number of anilines is 1. The normalized spacial score (nSPS) is 16.1. The first-order valence-electron chi connectivity index (χ1n) is 11.7. The van der Waals surface area contributed by atoms with Gasteiger partial charge in [-0.3, -0.25) is 14.4 Å². The predicted octanol–water partition coefficient (Wildman–Crippen LogP) is 4.02. The summed E-state index contributed by atoms with van der Waals surface area (Å²) in [6.45, 7) is 0. The summed E-state index contributed by atoms with van der Waals surface area (Å²) >= 11 is 0. The van der Waals surface area contributed by atoms with E-state index in [0.717, 1.165) is 5.69 Å². The third-order valence-corrected chi connectivity index (χ3v) is 8.22. The van der Waals surface area contributed by atoms with Crippen LogP contribution in [0.1, 0.15) is 57.7 Å². The summed E-state index contributed by atoms with van der Waals surface area (Å²) < 4.78 is 26.2. The highest BCUT2D eigenvalue weighted by Gasteiger charge is 2.30. The smallest absolute Gasteiger partial charge is 0.303 e. The number of carbonyl (C=O) groups excluding carboxylic acids is 2. The number of hydrogen-bond acceptors (Lipinski definition) is 5. The van der Waals surface area contributed by atoms with Crippen molar-refractivity contribution in [1.82, 2.24) is 4.98 Å². The van der Waals surface area contributed by atoms with Crippen LogP contribution in [0.25, 0.3) is 11.6 Å². The van der Waals surface area contributed by atoms with Crippen molar-refractivity contribution in [2.24, 2.45) is 0 Å². The molecule has 3 aromatic rings. The second kappa shape index (κ2) is 9.23. The first-order valence-corrected chi connectivity index (χ1v) is 13.3. The lowest BCUT2D eigenvalue weighted by molar-refractivity contribution is -0.137. The van der Waals surface area contributed by atoms with Crippen LogP contribution in [-0.2, 0) is 38.0 Å². The van der Waals surface area contributed by atoms with E-state index in [1.165, 1.54) is 12.1 Å². The van der Waals surface area contributed by atoms with Crippen LogP contribution in [0.15, 0.2) is 53.4 Å². The Labute approximate surface area is 208 Å². The summed E-state index contributed by atoms with van der Waals surface area (Å²) in [5.41, 5.74) is 4.20. The fourth-order valence-electron chi connectivity index (χ4n) is 4.83. The zero-order chi connectivity index (χ0) is 25.4. The number of aromatic nitrogens is 1.